The van der Waals surface area contributed by atoms with Crippen molar-refractivity contribution in [2.24, 2.45) is 7.05 Å². The summed E-state index contributed by atoms with van der Waals surface area (Å²) < 4.78 is 12.2. The Morgan fingerprint density at radius 3 is 2.88 bits per heavy atom. The minimum Gasteiger partial charge on any atom is -0.481 e. The van der Waals surface area contributed by atoms with E-state index in [9.17, 15) is 0 Å². The molecule has 0 amide bonds. The highest BCUT2D eigenvalue weighted by molar-refractivity contribution is 5.38. The third-order valence-electron chi connectivity index (χ3n) is 2.88. The number of hydrogen-bond donors (Lipinski definition) is 1. The Morgan fingerprint density at radius 1 is 1.47 bits per heavy atom. The van der Waals surface area contributed by atoms with E-state index in [-0.39, 0.29) is 0 Å². The molecule has 0 radical (unpaired) electrons. The first-order chi connectivity index (χ1) is 8.29. The summed E-state index contributed by atoms with van der Waals surface area (Å²) >= 11 is 0. The Bertz CT molecular complexity index is 347. The first kappa shape index (κ1) is 12.2. The second kappa shape index (κ2) is 5.88. The molecule has 0 unspecified atom stereocenters. The third kappa shape index (κ3) is 3.34. The summed E-state index contributed by atoms with van der Waals surface area (Å²) in [5.74, 6) is 1.62. The molecule has 1 aliphatic rings. The maximum Gasteiger partial charge on any atom is 0.213 e. The molecule has 1 fully saturated rings. The predicted octanol–water partition coefficient (Wildman–Crippen LogP) is 0.173. The van der Waals surface area contributed by atoms with E-state index in [1.165, 1.54) is 0 Å². The number of nitrogens with zero attached hydrogens (tertiary/aromatic N) is 3. The monoisotopic (exact) mass is 240 g/mol. The largest absolute Gasteiger partial charge is 0.481 e. The number of nitrogens with one attached hydrogen (secondary N) is 1. The quantitative estimate of drug-likeness (QED) is 0.795. The van der Waals surface area contributed by atoms with Crippen molar-refractivity contribution in [1.82, 2.24) is 14.7 Å². The summed E-state index contributed by atoms with van der Waals surface area (Å²) in [6.07, 6.45) is 0. The van der Waals surface area contributed by atoms with E-state index in [0.29, 0.717) is 0 Å². The van der Waals surface area contributed by atoms with Gasteiger partial charge >= 0.3 is 0 Å². The van der Waals surface area contributed by atoms with Crippen molar-refractivity contribution in [2.45, 2.75) is 0 Å². The number of hydrogen-bond acceptors (Lipinski definition) is 5. The SMILES string of the molecule is COc1cc(NCCN2CCOCC2)nn1C. The highest BCUT2D eigenvalue weighted by Gasteiger charge is 2.10. The Morgan fingerprint density at radius 2 is 2.24 bits per heavy atom. The summed E-state index contributed by atoms with van der Waals surface area (Å²) in [7, 11) is 3.51. The van der Waals surface area contributed by atoms with Crippen LogP contribution in [-0.4, -0.2) is 61.2 Å². The molecular formula is C11H20N4O2. The average molecular weight is 240 g/mol. The zero-order valence-corrected chi connectivity index (χ0v) is 10.5. The Labute approximate surface area is 101 Å². The summed E-state index contributed by atoms with van der Waals surface area (Å²) in [6, 6.07) is 1.90. The Balaban J connectivity index is 1.73. The Kier molecular flexibility index (Phi) is 4.22. The molecule has 2 heterocycles. The normalized spacial score (nSPS) is 17.1. The van der Waals surface area contributed by atoms with Gasteiger partial charge in [0.2, 0.25) is 5.88 Å². The number of aromatic nitrogens is 2. The number of anilines is 1. The molecule has 17 heavy (non-hydrogen) atoms. The lowest BCUT2D eigenvalue weighted by Gasteiger charge is -2.26. The molecule has 1 N–H and O–H groups in total. The van der Waals surface area contributed by atoms with Crippen LogP contribution in [0, 0.1) is 0 Å². The zero-order chi connectivity index (χ0) is 12.1. The fourth-order valence-corrected chi connectivity index (χ4v) is 1.89. The molecule has 1 saturated heterocycles. The lowest BCUT2D eigenvalue weighted by molar-refractivity contribution is 0.0398. The molecular weight excluding hydrogens is 220 g/mol. The highest BCUT2D eigenvalue weighted by atomic mass is 16.5. The van der Waals surface area contributed by atoms with Crippen LogP contribution < -0.4 is 10.1 Å². The van der Waals surface area contributed by atoms with Gasteiger partial charge < -0.3 is 14.8 Å². The summed E-state index contributed by atoms with van der Waals surface area (Å²) in [5, 5.41) is 7.59. The number of ether oxygens (including phenoxy) is 2. The van der Waals surface area contributed by atoms with Crippen LogP contribution in [0.3, 0.4) is 0 Å². The van der Waals surface area contributed by atoms with E-state index >= 15 is 0 Å². The minimum atomic E-state index is 0.763. The minimum absolute atomic E-state index is 0.763. The molecule has 0 spiro atoms. The van der Waals surface area contributed by atoms with Gasteiger partial charge in [-0.15, -0.1) is 0 Å². The van der Waals surface area contributed by atoms with E-state index in [1.807, 2.05) is 13.1 Å². The van der Waals surface area contributed by atoms with Crippen molar-refractivity contribution >= 4 is 5.82 Å². The molecule has 2 rings (SSSR count). The molecule has 1 aromatic heterocycles. The van der Waals surface area contributed by atoms with Crippen LogP contribution in [0.5, 0.6) is 5.88 Å². The van der Waals surface area contributed by atoms with Crippen molar-refractivity contribution in [3.8, 4) is 5.88 Å². The van der Waals surface area contributed by atoms with Gasteiger partial charge in [0, 0.05) is 39.3 Å². The summed E-state index contributed by atoms with van der Waals surface area (Å²) in [6.45, 7) is 5.64. The maximum atomic E-state index is 5.30. The topological polar surface area (TPSA) is 51.6 Å². The molecule has 0 saturated carbocycles. The van der Waals surface area contributed by atoms with Crippen LogP contribution in [-0.2, 0) is 11.8 Å². The van der Waals surface area contributed by atoms with Gasteiger partial charge in [-0.05, 0) is 0 Å². The molecule has 6 heteroatoms. The first-order valence-corrected chi connectivity index (χ1v) is 5.91. The van der Waals surface area contributed by atoms with E-state index in [1.54, 1.807) is 11.8 Å². The summed E-state index contributed by atoms with van der Waals surface area (Å²) in [4.78, 5) is 2.39. The van der Waals surface area contributed by atoms with E-state index in [4.69, 9.17) is 9.47 Å². The van der Waals surface area contributed by atoms with Crippen LogP contribution in [0.15, 0.2) is 6.07 Å². The molecule has 0 aliphatic carbocycles. The van der Waals surface area contributed by atoms with Crippen molar-refractivity contribution < 1.29 is 9.47 Å². The average Bonchev–Trinajstić information content (AvgIpc) is 2.71. The number of rotatable bonds is 5. The van der Waals surface area contributed by atoms with Gasteiger partial charge in [0.15, 0.2) is 5.82 Å². The number of methoxy groups -OCH3 is 1. The third-order valence-corrected chi connectivity index (χ3v) is 2.88. The van der Waals surface area contributed by atoms with Crippen molar-refractivity contribution in [2.75, 3.05) is 51.8 Å². The van der Waals surface area contributed by atoms with Crippen molar-refractivity contribution in [1.29, 1.82) is 0 Å². The molecule has 0 bridgehead atoms. The van der Waals surface area contributed by atoms with E-state index in [2.05, 4.69) is 15.3 Å². The first-order valence-electron chi connectivity index (χ1n) is 5.91. The zero-order valence-electron chi connectivity index (χ0n) is 10.5. The fourth-order valence-electron chi connectivity index (χ4n) is 1.89. The molecule has 0 aromatic carbocycles. The van der Waals surface area contributed by atoms with Crippen LogP contribution in [0.25, 0.3) is 0 Å². The smallest absolute Gasteiger partial charge is 0.213 e. The van der Waals surface area contributed by atoms with Gasteiger partial charge in [0.05, 0.1) is 20.3 Å². The van der Waals surface area contributed by atoms with Crippen LogP contribution >= 0.6 is 0 Å². The van der Waals surface area contributed by atoms with Gasteiger partial charge in [-0.25, -0.2) is 4.68 Å². The van der Waals surface area contributed by atoms with Gasteiger partial charge in [0.1, 0.15) is 0 Å². The van der Waals surface area contributed by atoms with Crippen LogP contribution in [0.4, 0.5) is 5.82 Å². The van der Waals surface area contributed by atoms with Gasteiger partial charge in [-0.2, -0.15) is 5.10 Å². The molecule has 1 aliphatic heterocycles. The van der Waals surface area contributed by atoms with E-state index in [0.717, 1.165) is 51.1 Å². The molecule has 6 nitrogen and oxygen atoms in total. The second-order valence-corrected chi connectivity index (χ2v) is 4.08. The molecule has 1 aromatic rings. The van der Waals surface area contributed by atoms with Crippen molar-refractivity contribution in [3.05, 3.63) is 6.07 Å². The fraction of sp³-hybridized carbons (Fsp3) is 0.727. The highest BCUT2D eigenvalue weighted by Crippen LogP contribution is 2.14. The lowest BCUT2D eigenvalue weighted by Crippen LogP contribution is -2.39. The lowest BCUT2D eigenvalue weighted by atomic mass is 10.4. The maximum absolute atomic E-state index is 5.30. The van der Waals surface area contributed by atoms with Gasteiger partial charge in [-0.1, -0.05) is 0 Å². The molecule has 0 atom stereocenters. The van der Waals surface area contributed by atoms with Gasteiger partial charge in [-0.3, -0.25) is 4.90 Å². The van der Waals surface area contributed by atoms with Crippen LogP contribution in [0.2, 0.25) is 0 Å². The summed E-state index contributed by atoms with van der Waals surface area (Å²) in [5.41, 5.74) is 0. The number of aryl methyl sites for hydroxylation is 1. The van der Waals surface area contributed by atoms with Crippen LogP contribution in [0.1, 0.15) is 0 Å². The predicted molar refractivity (Wildman–Crippen MR) is 65.5 cm³/mol. The van der Waals surface area contributed by atoms with Crippen molar-refractivity contribution in [3.63, 3.8) is 0 Å². The molecule has 96 valence electrons. The van der Waals surface area contributed by atoms with E-state index < -0.39 is 0 Å². The standard InChI is InChI=1S/C11H20N4O2/c1-14-11(16-2)9-10(13-14)12-3-4-15-5-7-17-8-6-15/h9H,3-8H2,1-2H3,(H,12,13). The Hall–Kier alpha value is -1.27. The van der Waals surface area contributed by atoms with Gasteiger partial charge in [0.25, 0.3) is 0 Å². The number of morpholine rings is 1. The second-order valence-electron chi connectivity index (χ2n) is 4.08.